The molecule has 0 saturated carbocycles. The van der Waals surface area contributed by atoms with Crippen LogP contribution in [0.1, 0.15) is 45.7 Å². The summed E-state index contributed by atoms with van der Waals surface area (Å²) in [4.78, 5) is 23.7. The van der Waals surface area contributed by atoms with Gasteiger partial charge in [-0.25, -0.2) is 4.79 Å². The van der Waals surface area contributed by atoms with E-state index in [1.54, 1.807) is 52.0 Å². The maximum Gasteiger partial charge on any atom is 0.407 e. The molecule has 174 valence electrons. The zero-order valence-electron chi connectivity index (χ0n) is 19.1. The zero-order chi connectivity index (χ0) is 24.2. The molecule has 8 nitrogen and oxygen atoms in total. The molecule has 2 aromatic carbocycles. The molecule has 0 saturated heterocycles. The average Bonchev–Trinajstić information content (AvgIpc) is 2.65. The van der Waals surface area contributed by atoms with Crippen LogP contribution < -0.4 is 9.50 Å². The number of nitrogens with one attached hydrogen (secondary N) is 1. The van der Waals surface area contributed by atoms with Crippen LogP contribution in [0.4, 0.5) is 4.79 Å². The summed E-state index contributed by atoms with van der Waals surface area (Å²) in [6, 6.07) is 12.4. The second-order valence-corrected chi connectivity index (χ2v) is 10.1. The van der Waals surface area contributed by atoms with Gasteiger partial charge < -0.3 is 19.0 Å². The summed E-state index contributed by atoms with van der Waals surface area (Å²) in [7, 11) is -4.00. The van der Waals surface area contributed by atoms with Gasteiger partial charge >= 0.3 is 22.2 Å². The van der Waals surface area contributed by atoms with Crippen molar-refractivity contribution >= 4 is 22.2 Å². The molecule has 0 spiro atoms. The molecule has 0 heterocycles. The number of ether oxygens (including phenoxy) is 2. The van der Waals surface area contributed by atoms with Crippen molar-refractivity contribution in [1.82, 2.24) is 5.32 Å². The summed E-state index contributed by atoms with van der Waals surface area (Å²) in [5.74, 6) is -0.444. The molecule has 1 unspecified atom stereocenters. The molecule has 9 heteroatoms. The van der Waals surface area contributed by atoms with Crippen LogP contribution in [0, 0.1) is 6.92 Å². The first-order valence-electron chi connectivity index (χ1n) is 9.98. The summed E-state index contributed by atoms with van der Waals surface area (Å²) < 4.78 is 40.8. The third-order valence-corrected chi connectivity index (χ3v) is 5.58. The largest absolute Gasteiger partial charge is 0.453 e. The molecular formula is C23H29NO7S. The average molecular weight is 464 g/mol. The number of carbonyl (C=O) groups is 2. The van der Waals surface area contributed by atoms with Gasteiger partial charge in [-0.3, -0.25) is 4.79 Å². The highest BCUT2D eigenvalue weighted by Crippen LogP contribution is 2.28. The standard InChI is InChI=1S/C23H29NO7S/c1-16-7-13-20(14-8-16)32(27,28)31-19-11-9-18(10-12-19)23(6,29-17(2)25)15-24-21(26)30-22(3,4)5/h7-14H,15H2,1-6H3,(H,24,26). The Bertz CT molecular complexity index is 1060. The molecule has 32 heavy (non-hydrogen) atoms. The smallest absolute Gasteiger partial charge is 0.407 e. The van der Waals surface area contributed by atoms with Gasteiger partial charge in [0, 0.05) is 6.92 Å². The Morgan fingerprint density at radius 1 is 0.906 bits per heavy atom. The van der Waals surface area contributed by atoms with Crippen molar-refractivity contribution in [3.05, 3.63) is 59.7 Å². The Balaban J connectivity index is 2.19. The van der Waals surface area contributed by atoms with Crippen molar-refractivity contribution in [2.45, 2.75) is 57.6 Å². The van der Waals surface area contributed by atoms with Crippen molar-refractivity contribution in [3.8, 4) is 5.75 Å². The summed E-state index contributed by atoms with van der Waals surface area (Å²) in [5, 5.41) is 2.60. The highest BCUT2D eigenvalue weighted by atomic mass is 32.2. The van der Waals surface area contributed by atoms with Crippen molar-refractivity contribution in [2.75, 3.05) is 6.54 Å². The second-order valence-electron chi connectivity index (χ2n) is 8.55. The van der Waals surface area contributed by atoms with Gasteiger partial charge in [-0.2, -0.15) is 8.42 Å². The van der Waals surface area contributed by atoms with E-state index in [0.29, 0.717) is 5.56 Å². The molecule has 0 aromatic heterocycles. The van der Waals surface area contributed by atoms with Crippen molar-refractivity contribution in [2.24, 2.45) is 0 Å². The van der Waals surface area contributed by atoms with E-state index in [2.05, 4.69) is 5.32 Å². The van der Waals surface area contributed by atoms with Crippen LogP contribution in [-0.2, 0) is 30.0 Å². The number of amides is 1. The van der Waals surface area contributed by atoms with Crippen molar-refractivity contribution in [3.63, 3.8) is 0 Å². The monoisotopic (exact) mass is 463 g/mol. The SMILES string of the molecule is CC(=O)OC(C)(CNC(=O)OC(C)(C)C)c1ccc(OS(=O)(=O)c2ccc(C)cc2)cc1. The number of benzene rings is 2. The fourth-order valence-electron chi connectivity index (χ4n) is 2.81. The van der Waals surface area contributed by atoms with Crippen LogP contribution in [0.15, 0.2) is 53.4 Å². The third-order valence-electron chi connectivity index (χ3n) is 4.32. The zero-order valence-corrected chi connectivity index (χ0v) is 19.9. The number of aryl methyl sites for hydroxylation is 1. The molecule has 2 aromatic rings. The predicted molar refractivity (Wildman–Crippen MR) is 119 cm³/mol. The van der Waals surface area contributed by atoms with Crippen LogP contribution in [-0.4, -0.2) is 32.6 Å². The predicted octanol–water partition coefficient (Wildman–Crippen LogP) is 4.07. The topological polar surface area (TPSA) is 108 Å². The molecule has 0 aliphatic carbocycles. The number of hydrogen-bond acceptors (Lipinski definition) is 7. The Morgan fingerprint density at radius 3 is 1.97 bits per heavy atom. The van der Waals surface area contributed by atoms with E-state index in [-0.39, 0.29) is 17.2 Å². The van der Waals surface area contributed by atoms with E-state index in [1.165, 1.54) is 31.2 Å². The number of esters is 1. The number of hydrogen-bond donors (Lipinski definition) is 1. The molecule has 1 N–H and O–H groups in total. The molecular weight excluding hydrogens is 434 g/mol. The quantitative estimate of drug-likeness (QED) is 0.487. The second kappa shape index (κ2) is 9.60. The van der Waals surface area contributed by atoms with Crippen molar-refractivity contribution in [1.29, 1.82) is 0 Å². The first kappa shape index (κ1) is 25.2. The fourth-order valence-corrected chi connectivity index (χ4v) is 3.74. The molecule has 0 aliphatic heterocycles. The van der Waals surface area contributed by atoms with Gasteiger partial charge in [0.2, 0.25) is 0 Å². The molecule has 1 amide bonds. The molecule has 2 rings (SSSR count). The lowest BCUT2D eigenvalue weighted by Crippen LogP contribution is -2.43. The summed E-state index contributed by atoms with van der Waals surface area (Å²) in [6.45, 7) is 9.91. The van der Waals surface area contributed by atoms with Gasteiger partial charge in [-0.15, -0.1) is 0 Å². The number of rotatable bonds is 7. The lowest BCUT2D eigenvalue weighted by Gasteiger charge is -2.30. The third kappa shape index (κ3) is 7.26. The maximum atomic E-state index is 12.5. The molecule has 1 atom stereocenters. The first-order chi connectivity index (χ1) is 14.7. The van der Waals surface area contributed by atoms with E-state index in [4.69, 9.17) is 13.7 Å². The Hall–Kier alpha value is -3.07. The van der Waals surface area contributed by atoms with Crippen LogP contribution in [0.3, 0.4) is 0 Å². The Kier molecular flexibility index (Phi) is 7.56. The van der Waals surface area contributed by atoms with Gasteiger partial charge in [0.25, 0.3) is 0 Å². The van der Waals surface area contributed by atoms with Crippen LogP contribution in [0.2, 0.25) is 0 Å². The van der Waals surface area contributed by atoms with Crippen LogP contribution >= 0.6 is 0 Å². The molecule has 0 aliphatic rings. The van der Waals surface area contributed by atoms with Crippen LogP contribution in [0.25, 0.3) is 0 Å². The first-order valence-corrected chi connectivity index (χ1v) is 11.4. The van der Waals surface area contributed by atoms with E-state index in [1.807, 2.05) is 6.92 Å². The minimum Gasteiger partial charge on any atom is -0.453 e. The maximum absolute atomic E-state index is 12.5. The van der Waals surface area contributed by atoms with Crippen molar-refractivity contribution < 1.29 is 31.7 Å². The van der Waals surface area contributed by atoms with E-state index >= 15 is 0 Å². The Labute approximate surface area is 189 Å². The lowest BCUT2D eigenvalue weighted by molar-refractivity contribution is -0.156. The van der Waals surface area contributed by atoms with E-state index in [9.17, 15) is 18.0 Å². The highest BCUT2D eigenvalue weighted by molar-refractivity contribution is 7.87. The van der Waals surface area contributed by atoms with Gasteiger partial charge in [-0.1, -0.05) is 29.8 Å². The van der Waals surface area contributed by atoms with Gasteiger partial charge in [0.1, 0.15) is 16.2 Å². The fraction of sp³-hybridized carbons (Fsp3) is 0.391. The van der Waals surface area contributed by atoms with Gasteiger partial charge in [0.05, 0.1) is 6.54 Å². The minimum absolute atomic E-state index is 0.0403. The summed E-state index contributed by atoms with van der Waals surface area (Å²) in [5.41, 5.74) is -0.428. The summed E-state index contributed by atoms with van der Waals surface area (Å²) in [6.07, 6.45) is -0.653. The highest BCUT2D eigenvalue weighted by Gasteiger charge is 2.32. The molecule has 0 radical (unpaired) electrons. The van der Waals surface area contributed by atoms with Crippen LogP contribution in [0.5, 0.6) is 5.75 Å². The van der Waals surface area contributed by atoms with Gasteiger partial charge in [-0.05, 0) is 64.4 Å². The molecule has 0 fully saturated rings. The van der Waals surface area contributed by atoms with E-state index < -0.39 is 33.4 Å². The summed E-state index contributed by atoms with van der Waals surface area (Å²) >= 11 is 0. The lowest BCUT2D eigenvalue weighted by atomic mass is 9.95. The number of carbonyl (C=O) groups excluding carboxylic acids is 2. The van der Waals surface area contributed by atoms with Gasteiger partial charge in [0.15, 0.2) is 5.60 Å². The number of alkyl carbamates (subject to hydrolysis) is 1. The normalized spacial score (nSPS) is 13.6. The van der Waals surface area contributed by atoms with E-state index in [0.717, 1.165) is 5.56 Å². The minimum atomic E-state index is -4.00. The Morgan fingerprint density at radius 2 is 1.47 bits per heavy atom. The molecule has 0 bridgehead atoms.